The summed E-state index contributed by atoms with van der Waals surface area (Å²) in [6.45, 7) is 2.30. The van der Waals surface area contributed by atoms with E-state index in [9.17, 15) is 9.59 Å². The molecule has 0 unspecified atom stereocenters. The lowest BCUT2D eigenvalue weighted by molar-refractivity contribution is -0.116. The molecule has 2 aromatic carbocycles. The van der Waals surface area contributed by atoms with Gasteiger partial charge in [0.25, 0.3) is 5.91 Å². The summed E-state index contributed by atoms with van der Waals surface area (Å²) in [5.41, 5.74) is 4.34. The number of benzene rings is 2. The second kappa shape index (κ2) is 9.66. The van der Waals surface area contributed by atoms with Crippen molar-refractivity contribution in [3.63, 3.8) is 0 Å². The van der Waals surface area contributed by atoms with Crippen LogP contribution < -0.4 is 15.4 Å². The number of nitrogens with one attached hydrogen (secondary N) is 2. The van der Waals surface area contributed by atoms with Crippen molar-refractivity contribution in [2.75, 3.05) is 10.6 Å². The Labute approximate surface area is 167 Å². The molecule has 0 bridgehead atoms. The topological polar surface area (TPSA) is 80.3 Å². The van der Waals surface area contributed by atoms with Gasteiger partial charge in [-0.05, 0) is 42.8 Å². The van der Waals surface area contributed by atoms with Crippen molar-refractivity contribution in [3.05, 3.63) is 70.7 Å². The van der Waals surface area contributed by atoms with Crippen LogP contribution in [0, 0.1) is 0 Å². The van der Waals surface area contributed by atoms with Gasteiger partial charge in [-0.1, -0.05) is 19.1 Å². The average Bonchev–Trinajstić information content (AvgIpc) is 3.21. The SMILES string of the molecule is CCCC(=O)Nc1cccc(NC(=O)c2cccc(OCc3cscn3)c2)c1. The predicted octanol–water partition coefficient (Wildman–Crippen LogP) is 4.71. The van der Waals surface area contributed by atoms with Crippen molar-refractivity contribution in [1.82, 2.24) is 4.98 Å². The highest BCUT2D eigenvalue weighted by molar-refractivity contribution is 7.07. The Kier molecular flexibility index (Phi) is 6.75. The summed E-state index contributed by atoms with van der Waals surface area (Å²) in [5, 5.41) is 7.58. The number of hydrogen-bond acceptors (Lipinski definition) is 5. The van der Waals surface area contributed by atoms with Crippen LogP contribution in [0.3, 0.4) is 0 Å². The van der Waals surface area contributed by atoms with Gasteiger partial charge in [-0.3, -0.25) is 9.59 Å². The Bertz CT molecular complexity index is 942. The zero-order valence-corrected chi connectivity index (χ0v) is 16.3. The first-order valence-corrected chi connectivity index (χ1v) is 9.89. The third kappa shape index (κ3) is 5.65. The Morgan fingerprint density at radius 3 is 2.61 bits per heavy atom. The highest BCUT2D eigenvalue weighted by Gasteiger charge is 2.09. The van der Waals surface area contributed by atoms with Crippen molar-refractivity contribution in [2.24, 2.45) is 0 Å². The molecule has 28 heavy (non-hydrogen) atoms. The molecule has 1 aromatic heterocycles. The third-order valence-electron chi connectivity index (χ3n) is 3.85. The van der Waals surface area contributed by atoms with Crippen LogP contribution in [-0.4, -0.2) is 16.8 Å². The number of carbonyl (C=O) groups is 2. The van der Waals surface area contributed by atoms with E-state index in [1.165, 1.54) is 11.3 Å². The van der Waals surface area contributed by atoms with Gasteiger partial charge in [0.1, 0.15) is 12.4 Å². The summed E-state index contributed by atoms with van der Waals surface area (Å²) in [6.07, 6.45) is 1.24. The predicted molar refractivity (Wildman–Crippen MR) is 111 cm³/mol. The van der Waals surface area contributed by atoms with Crippen LogP contribution in [0.5, 0.6) is 5.75 Å². The summed E-state index contributed by atoms with van der Waals surface area (Å²) >= 11 is 1.51. The highest BCUT2D eigenvalue weighted by atomic mass is 32.1. The van der Waals surface area contributed by atoms with E-state index < -0.39 is 0 Å². The number of thiazole rings is 1. The van der Waals surface area contributed by atoms with Crippen LogP contribution in [-0.2, 0) is 11.4 Å². The highest BCUT2D eigenvalue weighted by Crippen LogP contribution is 2.19. The van der Waals surface area contributed by atoms with Crippen LogP contribution in [0.1, 0.15) is 35.8 Å². The van der Waals surface area contributed by atoms with Gasteiger partial charge in [-0.2, -0.15) is 0 Å². The molecule has 2 amide bonds. The molecule has 0 radical (unpaired) electrons. The largest absolute Gasteiger partial charge is 0.487 e. The van der Waals surface area contributed by atoms with Gasteiger partial charge in [-0.25, -0.2) is 4.98 Å². The molecule has 3 aromatic rings. The molecule has 0 fully saturated rings. The normalized spacial score (nSPS) is 10.3. The molecule has 2 N–H and O–H groups in total. The molecule has 6 nitrogen and oxygen atoms in total. The molecular formula is C21H21N3O3S. The quantitative estimate of drug-likeness (QED) is 0.579. The first kappa shape index (κ1) is 19.6. The van der Waals surface area contributed by atoms with Crippen molar-refractivity contribution < 1.29 is 14.3 Å². The van der Waals surface area contributed by atoms with E-state index in [2.05, 4.69) is 15.6 Å². The third-order valence-corrected chi connectivity index (χ3v) is 4.48. The number of rotatable bonds is 8. The van der Waals surface area contributed by atoms with Crippen molar-refractivity contribution in [2.45, 2.75) is 26.4 Å². The summed E-state index contributed by atoms with van der Waals surface area (Å²) in [4.78, 5) is 28.5. The van der Waals surface area contributed by atoms with Gasteiger partial charge in [0.05, 0.1) is 11.2 Å². The minimum Gasteiger partial charge on any atom is -0.487 e. The van der Waals surface area contributed by atoms with Crippen molar-refractivity contribution >= 4 is 34.5 Å². The van der Waals surface area contributed by atoms with Crippen LogP contribution in [0.15, 0.2) is 59.4 Å². The van der Waals surface area contributed by atoms with Gasteiger partial charge in [-0.15, -0.1) is 11.3 Å². The zero-order chi connectivity index (χ0) is 19.8. The number of anilines is 2. The van der Waals surface area contributed by atoms with Crippen molar-refractivity contribution in [1.29, 1.82) is 0 Å². The van der Waals surface area contributed by atoms with Crippen LogP contribution in [0.25, 0.3) is 0 Å². The fraction of sp³-hybridized carbons (Fsp3) is 0.190. The van der Waals surface area contributed by atoms with E-state index in [1.807, 2.05) is 12.3 Å². The number of hydrogen-bond donors (Lipinski definition) is 2. The number of aromatic nitrogens is 1. The van der Waals surface area contributed by atoms with Gasteiger partial charge >= 0.3 is 0 Å². The van der Waals surface area contributed by atoms with Gasteiger partial charge in [0, 0.05) is 28.7 Å². The van der Waals surface area contributed by atoms with Gasteiger partial charge in [0.2, 0.25) is 5.91 Å². The maximum Gasteiger partial charge on any atom is 0.255 e. The fourth-order valence-corrected chi connectivity index (χ4v) is 3.06. The maximum absolute atomic E-state index is 12.6. The Balaban J connectivity index is 1.63. The lowest BCUT2D eigenvalue weighted by Crippen LogP contribution is -2.13. The Morgan fingerprint density at radius 1 is 1.07 bits per heavy atom. The van der Waals surface area contributed by atoms with Gasteiger partial charge < -0.3 is 15.4 Å². The molecule has 1 heterocycles. The zero-order valence-electron chi connectivity index (χ0n) is 15.5. The van der Waals surface area contributed by atoms with Crippen molar-refractivity contribution in [3.8, 4) is 5.75 Å². The molecular weight excluding hydrogens is 374 g/mol. The molecule has 144 valence electrons. The minimum atomic E-state index is -0.254. The molecule has 0 saturated heterocycles. The summed E-state index contributed by atoms with van der Waals surface area (Å²) in [7, 11) is 0. The molecule has 0 aliphatic carbocycles. The second-order valence-corrected chi connectivity index (χ2v) is 6.85. The average molecular weight is 395 g/mol. The smallest absolute Gasteiger partial charge is 0.255 e. The molecule has 0 spiro atoms. The molecule has 0 aliphatic rings. The number of amides is 2. The molecule has 0 atom stereocenters. The number of ether oxygens (including phenoxy) is 1. The second-order valence-electron chi connectivity index (χ2n) is 6.13. The van der Waals surface area contributed by atoms with E-state index in [4.69, 9.17) is 4.74 Å². The molecule has 0 saturated carbocycles. The maximum atomic E-state index is 12.6. The van der Waals surface area contributed by atoms with Gasteiger partial charge in [0.15, 0.2) is 0 Å². The Hall–Kier alpha value is -3.19. The molecule has 3 rings (SSSR count). The summed E-state index contributed by atoms with van der Waals surface area (Å²) < 4.78 is 5.69. The lowest BCUT2D eigenvalue weighted by Gasteiger charge is -2.10. The van der Waals surface area contributed by atoms with E-state index in [1.54, 1.807) is 54.0 Å². The van der Waals surface area contributed by atoms with Crippen LogP contribution in [0.2, 0.25) is 0 Å². The van der Waals surface area contributed by atoms with E-state index >= 15 is 0 Å². The minimum absolute atomic E-state index is 0.0454. The monoisotopic (exact) mass is 395 g/mol. The molecule has 0 aliphatic heterocycles. The fourth-order valence-electron chi connectivity index (χ4n) is 2.52. The first-order chi connectivity index (χ1) is 13.6. The van der Waals surface area contributed by atoms with Crippen LogP contribution in [0.4, 0.5) is 11.4 Å². The lowest BCUT2D eigenvalue weighted by atomic mass is 10.2. The van der Waals surface area contributed by atoms with E-state index in [-0.39, 0.29) is 11.8 Å². The number of carbonyl (C=O) groups excluding carboxylic acids is 2. The number of nitrogens with zero attached hydrogens (tertiary/aromatic N) is 1. The first-order valence-electron chi connectivity index (χ1n) is 8.95. The van der Waals surface area contributed by atoms with E-state index in [0.717, 1.165) is 12.1 Å². The summed E-state index contributed by atoms with van der Waals surface area (Å²) in [5.74, 6) is 0.299. The van der Waals surface area contributed by atoms with E-state index in [0.29, 0.717) is 35.7 Å². The molecule has 7 heteroatoms. The standard InChI is InChI=1S/C21H21N3O3S/c1-2-5-20(25)23-16-7-4-8-17(11-16)24-21(26)15-6-3-9-19(10-15)27-12-18-13-28-14-22-18/h3-4,6-11,13-14H,2,5,12H2,1H3,(H,23,25)(H,24,26). The summed E-state index contributed by atoms with van der Waals surface area (Å²) in [6, 6.07) is 14.1. The Morgan fingerprint density at radius 2 is 1.86 bits per heavy atom. The van der Waals surface area contributed by atoms with Crippen LogP contribution >= 0.6 is 11.3 Å².